The van der Waals surface area contributed by atoms with Crippen LogP contribution in [0.3, 0.4) is 0 Å². The van der Waals surface area contributed by atoms with Gasteiger partial charge in [-0.1, -0.05) is 60.7 Å². The Morgan fingerprint density at radius 3 is 1.95 bits per heavy atom. The van der Waals surface area contributed by atoms with Gasteiger partial charge in [0.2, 0.25) is 0 Å². The number of hydrogen-bond donors (Lipinski definition) is 2. The summed E-state index contributed by atoms with van der Waals surface area (Å²) in [6, 6.07) is 17.7. The maximum absolute atomic E-state index is 13.1. The number of aliphatic carboxylic acids is 1. The number of carboxylic acid groups (broad SMARTS) is 1. The van der Waals surface area contributed by atoms with Crippen molar-refractivity contribution in [3.05, 3.63) is 71.8 Å². The molecule has 37 heavy (non-hydrogen) atoms. The summed E-state index contributed by atoms with van der Waals surface area (Å²) in [5.41, 5.74) is -0.209. The van der Waals surface area contributed by atoms with E-state index in [9.17, 15) is 15.0 Å². The molecule has 0 unspecified atom stereocenters. The molecule has 3 heterocycles. The largest absolute Gasteiger partial charge is 0.480 e. The summed E-state index contributed by atoms with van der Waals surface area (Å²) in [5, 5.41) is 23.3. The number of fused-ring (bicyclic) bond motifs is 1. The van der Waals surface area contributed by atoms with Crippen LogP contribution in [-0.2, 0) is 41.6 Å². The first-order valence-corrected chi connectivity index (χ1v) is 12.6. The van der Waals surface area contributed by atoms with Crippen molar-refractivity contribution in [3.63, 3.8) is 0 Å². The van der Waals surface area contributed by atoms with Crippen molar-refractivity contribution in [3.8, 4) is 0 Å². The van der Waals surface area contributed by atoms with Crippen LogP contribution < -0.4 is 0 Å². The third-order valence-corrected chi connectivity index (χ3v) is 7.11. The van der Waals surface area contributed by atoms with Gasteiger partial charge in [0.15, 0.2) is 23.5 Å². The summed E-state index contributed by atoms with van der Waals surface area (Å²) in [6.45, 7) is 7.64. The minimum atomic E-state index is -2.03. The number of carboxylic acids is 1. The summed E-state index contributed by atoms with van der Waals surface area (Å²) in [6.07, 6.45) is -3.82. The highest BCUT2D eigenvalue weighted by atomic mass is 16.8. The average molecular weight is 514 g/mol. The molecule has 3 fully saturated rings. The molecule has 5 rings (SSSR count). The predicted molar refractivity (Wildman–Crippen MR) is 132 cm³/mol. The molecule has 2 aromatic carbocycles. The molecular weight excluding hydrogens is 478 g/mol. The highest BCUT2D eigenvalue weighted by Crippen LogP contribution is 2.48. The fourth-order valence-corrected chi connectivity index (χ4v) is 5.64. The second kappa shape index (κ2) is 9.74. The van der Waals surface area contributed by atoms with Crippen LogP contribution in [0.2, 0.25) is 0 Å². The Kier molecular flexibility index (Phi) is 6.91. The summed E-state index contributed by atoms with van der Waals surface area (Å²) in [7, 11) is 0. The number of benzene rings is 2. The lowest BCUT2D eigenvalue weighted by molar-refractivity contribution is -0.257. The minimum Gasteiger partial charge on any atom is -0.480 e. The summed E-state index contributed by atoms with van der Waals surface area (Å²) < 4.78 is 30.1. The lowest BCUT2D eigenvalue weighted by Gasteiger charge is -2.44. The van der Waals surface area contributed by atoms with Gasteiger partial charge in [0.1, 0.15) is 24.4 Å². The SMILES string of the molecule is CC1(C)OC[C@H]([C@H]2O[C@@H]3OC(C)(C)O[C@@H]3[C@@]2(O)[C@@H](C(=O)O)N(Cc2ccccc2)Cc2ccccc2)O1. The first-order chi connectivity index (χ1) is 17.5. The molecule has 3 saturated heterocycles. The lowest BCUT2D eigenvalue weighted by Crippen LogP contribution is -2.68. The average Bonchev–Trinajstić information content (AvgIpc) is 3.43. The topological polar surface area (TPSA) is 107 Å². The normalized spacial score (nSPS) is 32.9. The quantitative estimate of drug-likeness (QED) is 0.551. The first-order valence-electron chi connectivity index (χ1n) is 12.6. The van der Waals surface area contributed by atoms with Crippen LogP contribution in [0.15, 0.2) is 60.7 Å². The maximum atomic E-state index is 13.1. The number of rotatable bonds is 8. The van der Waals surface area contributed by atoms with E-state index in [1.807, 2.05) is 60.7 Å². The smallest absolute Gasteiger partial charge is 0.324 e. The summed E-state index contributed by atoms with van der Waals surface area (Å²) in [5.74, 6) is -3.16. The predicted octanol–water partition coefficient (Wildman–Crippen LogP) is 2.90. The van der Waals surface area contributed by atoms with Crippen molar-refractivity contribution in [1.29, 1.82) is 0 Å². The molecule has 3 aliphatic rings. The van der Waals surface area contributed by atoms with Gasteiger partial charge in [0, 0.05) is 13.1 Å². The van der Waals surface area contributed by atoms with Crippen LogP contribution in [-0.4, -0.2) is 75.5 Å². The van der Waals surface area contributed by atoms with Gasteiger partial charge in [-0.15, -0.1) is 0 Å². The van der Waals surface area contributed by atoms with Gasteiger partial charge in [0.25, 0.3) is 0 Å². The van der Waals surface area contributed by atoms with Gasteiger partial charge < -0.3 is 33.9 Å². The van der Waals surface area contributed by atoms with Crippen LogP contribution in [0.1, 0.15) is 38.8 Å². The number of nitrogens with zero attached hydrogens (tertiary/aromatic N) is 1. The van der Waals surface area contributed by atoms with Crippen molar-refractivity contribution in [1.82, 2.24) is 4.90 Å². The molecule has 9 heteroatoms. The van der Waals surface area contributed by atoms with Crippen LogP contribution in [0.5, 0.6) is 0 Å². The zero-order valence-electron chi connectivity index (χ0n) is 21.6. The van der Waals surface area contributed by atoms with E-state index < -0.39 is 53.8 Å². The molecule has 0 aliphatic carbocycles. The lowest BCUT2D eigenvalue weighted by atomic mass is 9.80. The van der Waals surface area contributed by atoms with E-state index in [1.54, 1.807) is 32.6 Å². The highest BCUT2D eigenvalue weighted by molar-refractivity contribution is 5.76. The number of ether oxygens (including phenoxy) is 5. The molecule has 0 aromatic heterocycles. The maximum Gasteiger partial charge on any atom is 0.324 e. The van der Waals surface area contributed by atoms with E-state index in [0.29, 0.717) is 0 Å². The zero-order chi connectivity index (χ0) is 26.4. The molecule has 3 aliphatic heterocycles. The standard InChI is InChI=1S/C28H35NO8/c1-26(2)33-17-20(35-26)22-28(32,23-25(34-22)37-27(3,4)36-23)21(24(30)31)29(15-18-11-7-5-8-12-18)16-19-13-9-6-10-14-19/h5-14,20-23,25,32H,15-17H2,1-4H3,(H,30,31)/t20-,21-,22-,23+,25-,28-/m1/s1. The Morgan fingerprint density at radius 1 is 0.892 bits per heavy atom. The Bertz CT molecular complexity index is 1050. The molecule has 0 spiro atoms. The van der Waals surface area contributed by atoms with Crippen LogP contribution in [0.4, 0.5) is 0 Å². The van der Waals surface area contributed by atoms with E-state index in [1.165, 1.54) is 0 Å². The van der Waals surface area contributed by atoms with E-state index in [4.69, 9.17) is 23.7 Å². The van der Waals surface area contributed by atoms with Crippen LogP contribution in [0.25, 0.3) is 0 Å². The Labute approximate surface area is 216 Å². The van der Waals surface area contributed by atoms with Crippen molar-refractivity contribution < 1.29 is 38.7 Å². The Balaban J connectivity index is 1.58. The third kappa shape index (κ3) is 5.18. The van der Waals surface area contributed by atoms with Gasteiger partial charge in [-0.05, 0) is 38.8 Å². The van der Waals surface area contributed by atoms with Crippen LogP contribution in [0, 0.1) is 0 Å². The van der Waals surface area contributed by atoms with Gasteiger partial charge >= 0.3 is 5.97 Å². The number of carbonyl (C=O) groups is 1. The number of aliphatic hydroxyl groups is 1. The fraction of sp³-hybridized carbons (Fsp3) is 0.536. The van der Waals surface area contributed by atoms with Gasteiger partial charge in [-0.2, -0.15) is 0 Å². The molecule has 0 bridgehead atoms. The molecular formula is C28H35NO8. The summed E-state index contributed by atoms with van der Waals surface area (Å²) in [4.78, 5) is 14.9. The van der Waals surface area contributed by atoms with Crippen molar-refractivity contribution in [2.45, 2.75) is 88.6 Å². The second-order valence-electron chi connectivity index (χ2n) is 10.9. The van der Waals surface area contributed by atoms with Crippen molar-refractivity contribution >= 4 is 5.97 Å². The molecule has 200 valence electrons. The molecule has 0 amide bonds. The van der Waals surface area contributed by atoms with Crippen molar-refractivity contribution in [2.24, 2.45) is 0 Å². The Hall–Kier alpha value is -2.37. The van der Waals surface area contributed by atoms with Gasteiger partial charge in [-0.25, -0.2) is 0 Å². The van der Waals surface area contributed by atoms with E-state index in [2.05, 4.69) is 0 Å². The van der Waals surface area contributed by atoms with E-state index in [0.717, 1.165) is 11.1 Å². The molecule has 9 nitrogen and oxygen atoms in total. The molecule has 2 N–H and O–H groups in total. The highest BCUT2D eigenvalue weighted by Gasteiger charge is 2.71. The zero-order valence-corrected chi connectivity index (χ0v) is 21.6. The van der Waals surface area contributed by atoms with E-state index in [-0.39, 0.29) is 19.7 Å². The fourth-order valence-electron chi connectivity index (χ4n) is 5.64. The molecule has 0 radical (unpaired) electrons. The monoisotopic (exact) mass is 513 g/mol. The minimum absolute atomic E-state index is 0.131. The van der Waals surface area contributed by atoms with Gasteiger partial charge in [-0.3, -0.25) is 9.69 Å². The third-order valence-electron chi connectivity index (χ3n) is 7.11. The molecule has 6 atom stereocenters. The molecule has 0 saturated carbocycles. The number of hydrogen-bond acceptors (Lipinski definition) is 8. The van der Waals surface area contributed by atoms with Crippen molar-refractivity contribution in [2.75, 3.05) is 6.61 Å². The second-order valence-corrected chi connectivity index (χ2v) is 10.9. The molecule has 2 aromatic rings. The summed E-state index contributed by atoms with van der Waals surface area (Å²) >= 11 is 0. The van der Waals surface area contributed by atoms with Gasteiger partial charge in [0.05, 0.1) is 6.61 Å². The first kappa shape index (κ1) is 26.2. The van der Waals surface area contributed by atoms with Crippen LogP contribution >= 0.6 is 0 Å². The van der Waals surface area contributed by atoms with E-state index >= 15 is 0 Å². The Morgan fingerprint density at radius 2 is 1.46 bits per heavy atom.